The Labute approximate surface area is 105 Å². The summed E-state index contributed by atoms with van der Waals surface area (Å²) in [5.74, 6) is -0.360. The minimum Gasteiger partial charge on any atom is -0.446 e. The molecule has 0 N–H and O–H groups in total. The summed E-state index contributed by atoms with van der Waals surface area (Å²) in [6.07, 6.45) is 5.89. The van der Waals surface area contributed by atoms with Gasteiger partial charge in [-0.15, -0.1) is 0 Å². The topological polar surface area (TPSA) is 42.4 Å². The quantitative estimate of drug-likeness (QED) is 0.610. The summed E-state index contributed by atoms with van der Waals surface area (Å²) in [5.41, 5.74) is 2.73. The van der Waals surface area contributed by atoms with Gasteiger partial charge >= 0.3 is 5.97 Å². The fourth-order valence-corrected chi connectivity index (χ4v) is 1.96. The molecule has 1 aliphatic rings. The molecule has 0 radical (unpaired) electrons. The van der Waals surface area contributed by atoms with Crippen molar-refractivity contribution in [3.63, 3.8) is 0 Å². The van der Waals surface area contributed by atoms with E-state index in [4.69, 9.17) is 16.3 Å². The van der Waals surface area contributed by atoms with Gasteiger partial charge in [-0.2, -0.15) is 0 Å². The van der Waals surface area contributed by atoms with Crippen LogP contribution in [0, 0.1) is 0 Å². The van der Waals surface area contributed by atoms with Gasteiger partial charge in [0.15, 0.2) is 6.07 Å². The largest absolute Gasteiger partial charge is 0.446 e. The number of esters is 1. The van der Waals surface area contributed by atoms with Crippen molar-refractivity contribution >= 4 is 23.3 Å². The number of hydrogen-bond donors (Lipinski definition) is 0. The molecule has 0 fully saturated rings. The molecule has 0 unspecified atom stereocenters. The molecule has 4 nitrogen and oxygen atoms in total. The number of anilines is 1. The zero-order chi connectivity index (χ0) is 12.3. The lowest BCUT2D eigenvalue weighted by Crippen LogP contribution is -2.25. The molecule has 0 aliphatic carbocycles. The SMILES string of the molecule is CCN1C=C(C(=O)OCCl)Cc2ccncc21. The van der Waals surface area contributed by atoms with Crippen molar-refractivity contribution in [2.75, 3.05) is 17.5 Å². The first-order valence-corrected chi connectivity index (χ1v) is 5.93. The van der Waals surface area contributed by atoms with E-state index >= 15 is 0 Å². The fourth-order valence-electron chi connectivity index (χ4n) is 1.86. The van der Waals surface area contributed by atoms with Crippen LogP contribution in [0.25, 0.3) is 0 Å². The number of ether oxygens (including phenoxy) is 1. The second kappa shape index (κ2) is 5.19. The molecule has 0 saturated carbocycles. The number of alkyl halides is 1. The zero-order valence-corrected chi connectivity index (χ0v) is 10.3. The number of rotatable bonds is 3. The molecule has 17 heavy (non-hydrogen) atoms. The minimum absolute atomic E-state index is 0.120. The smallest absolute Gasteiger partial charge is 0.337 e. The summed E-state index contributed by atoms with van der Waals surface area (Å²) < 4.78 is 4.81. The van der Waals surface area contributed by atoms with Crippen LogP contribution in [0.5, 0.6) is 0 Å². The fraction of sp³-hybridized carbons (Fsp3) is 0.333. The van der Waals surface area contributed by atoms with E-state index in [1.54, 1.807) is 18.6 Å². The molecular formula is C12H13ClN2O2. The Kier molecular flexibility index (Phi) is 3.64. The number of carbonyl (C=O) groups excluding carboxylic acids is 1. The molecule has 0 aromatic carbocycles. The number of fused-ring (bicyclic) bond motifs is 1. The molecule has 2 heterocycles. The highest BCUT2D eigenvalue weighted by molar-refractivity contribution is 6.17. The van der Waals surface area contributed by atoms with Crippen LogP contribution in [0.4, 0.5) is 5.69 Å². The summed E-state index contributed by atoms with van der Waals surface area (Å²) in [6.45, 7) is 2.79. The normalized spacial score (nSPS) is 14.0. The molecule has 2 rings (SSSR count). The van der Waals surface area contributed by atoms with Crippen molar-refractivity contribution in [2.24, 2.45) is 0 Å². The average molecular weight is 253 g/mol. The highest BCUT2D eigenvalue weighted by Crippen LogP contribution is 2.28. The van der Waals surface area contributed by atoms with Gasteiger partial charge in [-0.05, 0) is 18.6 Å². The van der Waals surface area contributed by atoms with Crippen molar-refractivity contribution in [3.05, 3.63) is 35.8 Å². The second-order valence-corrected chi connectivity index (χ2v) is 3.88. The Morgan fingerprint density at radius 3 is 3.18 bits per heavy atom. The molecule has 1 aromatic rings. The molecule has 0 bridgehead atoms. The molecule has 0 atom stereocenters. The Morgan fingerprint density at radius 1 is 1.65 bits per heavy atom. The highest BCUT2D eigenvalue weighted by Gasteiger charge is 2.21. The first-order valence-electron chi connectivity index (χ1n) is 5.39. The number of carbonyl (C=O) groups is 1. The van der Waals surface area contributed by atoms with E-state index in [0.29, 0.717) is 12.0 Å². The van der Waals surface area contributed by atoms with E-state index in [1.807, 2.05) is 17.9 Å². The van der Waals surface area contributed by atoms with Crippen LogP contribution >= 0.6 is 11.6 Å². The molecular weight excluding hydrogens is 240 g/mol. The molecule has 0 spiro atoms. The van der Waals surface area contributed by atoms with Gasteiger partial charge < -0.3 is 9.64 Å². The number of aromatic nitrogens is 1. The third-order valence-corrected chi connectivity index (χ3v) is 2.79. The van der Waals surface area contributed by atoms with Crippen molar-refractivity contribution in [3.8, 4) is 0 Å². The first kappa shape index (κ1) is 11.9. The van der Waals surface area contributed by atoms with Gasteiger partial charge in [0.1, 0.15) is 0 Å². The first-order chi connectivity index (χ1) is 8.26. The summed E-state index contributed by atoms with van der Waals surface area (Å²) in [5, 5.41) is 0. The van der Waals surface area contributed by atoms with E-state index in [0.717, 1.165) is 17.8 Å². The van der Waals surface area contributed by atoms with Gasteiger partial charge in [-0.25, -0.2) is 4.79 Å². The molecule has 0 saturated heterocycles. The van der Waals surface area contributed by atoms with Crippen molar-refractivity contribution in [1.29, 1.82) is 0 Å². The second-order valence-electron chi connectivity index (χ2n) is 3.66. The molecule has 5 heteroatoms. The maximum absolute atomic E-state index is 11.7. The summed E-state index contributed by atoms with van der Waals surface area (Å²) in [4.78, 5) is 17.7. The lowest BCUT2D eigenvalue weighted by molar-refractivity contribution is -0.137. The summed E-state index contributed by atoms with van der Waals surface area (Å²) >= 11 is 5.39. The molecule has 90 valence electrons. The van der Waals surface area contributed by atoms with Crippen molar-refractivity contribution < 1.29 is 9.53 Å². The Bertz CT molecular complexity index is 460. The van der Waals surface area contributed by atoms with Crippen molar-refractivity contribution in [1.82, 2.24) is 4.98 Å². The van der Waals surface area contributed by atoms with E-state index in [9.17, 15) is 4.79 Å². The minimum atomic E-state index is -0.360. The maximum Gasteiger partial charge on any atom is 0.337 e. The monoisotopic (exact) mass is 252 g/mol. The molecule has 1 aromatic heterocycles. The predicted molar refractivity (Wildman–Crippen MR) is 65.9 cm³/mol. The molecule has 0 amide bonds. The van der Waals surface area contributed by atoms with Crippen LogP contribution in [0.15, 0.2) is 30.2 Å². The van der Waals surface area contributed by atoms with Crippen LogP contribution < -0.4 is 4.90 Å². The number of halogens is 1. The third-order valence-electron chi connectivity index (χ3n) is 2.68. The summed E-state index contributed by atoms with van der Waals surface area (Å²) in [6, 6.07) is 1.80. The van der Waals surface area contributed by atoms with Crippen molar-refractivity contribution in [2.45, 2.75) is 13.3 Å². The van der Waals surface area contributed by atoms with Gasteiger partial charge in [0.25, 0.3) is 0 Å². The van der Waals surface area contributed by atoms with Gasteiger partial charge in [0.2, 0.25) is 0 Å². The van der Waals surface area contributed by atoms with Crippen LogP contribution in [0.2, 0.25) is 0 Å². The van der Waals surface area contributed by atoms with Crippen LogP contribution in [-0.4, -0.2) is 23.6 Å². The molecule has 1 aliphatic heterocycles. The van der Waals surface area contributed by atoms with E-state index in [-0.39, 0.29) is 12.0 Å². The van der Waals surface area contributed by atoms with Gasteiger partial charge in [0.05, 0.1) is 17.5 Å². The van der Waals surface area contributed by atoms with Gasteiger partial charge in [0, 0.05) is 25.4 Å². The number of pyridine rings is 1. The van der Waals surface area contributed by atoms with Crippen LogP contribution in [-0.2, 0) is 16.0 Å². The average Bonchev–Trinajstić information content (AvgIpc) is 2.37. The van der Waals surface area contributed by atoms with E-state index < -0.39 is 0 Å². The number of nitrogens with zero attached hydrogens (tertiary/aromatic N) is 2. The Hall–Kier alpha value is -1.55. The number of hydrogen-bond acceptors (Lipinski definition) is 4. The zero-order valence-electron chi connectivity index (χ0n) is 9.52. The van der Waals surface area contributed by atoms with E-state index in [2.05, 4.69) is 4.98 Å². The Morgan fingerprint density at radius 2 is 2.47 bits per heavy atom. The lowest BCUT2D eigenvalue weighted by Gasteiger charge is -2.26. The van der Waals surface area contributed by atoms with E-state index in [1.165, 1.54) is 0 Å². The Balaban J connectivity index is 2.30. The predicted octanol–water partition coefficient (Wildman–Crippen LogP) is 2.09. The standard InChI is InChI=1S/C12H13ClN2O2/c1-2-15-7-10(12(16)17-8-13)5-9-3-4-14-6-11(9)15/h3-4,6-7H,2,5,8H2,1H3. The van der Waals surface area contributed by atoms with Crippen LogP contribution in [0.3, 0.4) is 0 Å². The third kappa shape index (κ3) is 2.42. The highest BCUT2D eigenvalue weighted by atomic mass is 35.5. The lowest BCUT2D eigenvalue weighted by atomic mass is 10.0. The van der Waals surface area contributed by atoms with Gasteiger partial charge in [-0.1, -0.05) is 11.6 Å². The summed E-state index contributed by atoms with van der Waals surface area (Å²) in [7, 11) is 0. The maximum atomic E-state index is 11.7. The van der Waals surface area contributed by atoms with Gasteiger partial charge in [-0.3, -0.25) is 4.98 Å². The van der Waals surface area contributed by atoms with Crippen LogP contribution in [0.1, 0.15) is 12.5 Å².